The van der Waals surface area contributed by atoms with Crippen LogP contribution in [0.25, 0.3) is 113 Å². The van der Waals surface area contributed by atoms with Crippen LogP contribution in [-0.4, -0.2) is 0 Å². The Morgan fingerprint density at radius 1 is 0.162 bits per heavy atom. The molecular weight excluding hydrogens is 1780 g/mol. The number of fused-ring (bicyclic) bond motifs is 10. The molecule has 0 aromatic heterocycles. The Bertz CT molecular complexity index is 8010. The molecule has 0 unspecified atom stereocenters. The van der Waals surface area contributed by atoms with E-state index in [0.29, 0.717) is 0 Å². The van der Waals surface area contributed by atoms with Crippen LogP contribution in [-0.2, 0) is 23.7 Å². The van der Waals surface area contributed by atoms with Gasteiger partial charge in [-0.3, -0.25) is 0 Å². The third kappa shape index (κ3) is 18.9. The van der Waals surface area contributed by atoms with Crippen molar-refractivity contribution in [1.82, 2.24) is 0 Å². The van der Waals surface area contributed by atoms with Crippen molar-refractivity contribution in [3.63, 3.8) is 0 Å². The summed E-state index contributed by atoms with van der Waals surface area (Å²) in [6.07, 6.45) is 11.3. The minimum Gasteiger partial charge on any atom is -0.0622 e. The molecule has 0 amide bonds. The van der Waals surface area contributed by atoms with Crippen LogP contribution in [0, 0.1) is 27.7 Å². The lowest BCUT2D eigenvalue weighted by atomic mass is 9.67. The Hall–Kier alpha value is -18.2. The van der Waals surface area contributed by atoms with E-state index in [9.17, 15) is 0 Å². The maximum absolute atomic E-state index is 2.37. The first-order valence-electron chi connectivity index (χ1n) is 51.7. The molecule has 4 aliphatic rings. The Balaban J connectivity index is 0.000000143. The fourth-order valence-electron chi connectivity index (χ4n) is 22.6. The second-order valence-corrected chi connectivity index (χ2v) is 39.5. The predicted octanol–water partition coefficient (Wildman–Crippen LogP) is 37.5. The van der Waals surface area contributed by atoms with Crippen LogP contribution in [0.15, 0.2) is 558 Å². The lowest BCUT2D eigenvalue weighted by Gasteiger charge is -2.34. The summed E-state index contributed by atoms with van der Waals surface area (Å²) in [6, 6.07) is 204. The van der Waals surface area contributed by atoms with Crippen LogP contribution >= 0.6 is 0 Å². The van der Waals surface area contributed by atoms with Crippen LogP contribution in [0.3, 0.4) is 0 Å². The number of benzene rings is 22. The van der Waals surface area contributed by atoms with Crippen molar-refractivity contribution in [2.45, 2.75) is 51.4 Å². The van der Waals surface area contributed by atoms with Crippen LogP contribution in [0.5, 0.6) is 0 Å². The second-order valence-electron chi connectivity index (χ2n) is 39.5. The highest BCUT2D eigenvalue weighted by molar-refractivity contribution is 5.99. The number of hydrogen-bond acceptors (Lipinski definition) is 0. The molecule has 0 atom stereocenters. The molecule has 0 bridgehead atoms. The normalized spacial score (nSPS) is 12.8. The van der Waals surface area contributed by atoms with E-state index in [4.69, 9.17) is 0 Å². The zero-order valence-corrected chi connectivity index (χ0v) is 83.8. The molecule has 26 rings (SSSR count). The van der Waals surface area contributed by atoms with Gasteiger partial charge in [-0.1, -0.05) is 580 Å². The first-order chi connectivity index (χ1) is 73.0. The average Bonchev–Trinajstić information content (AvgIpc) is 1.54. The van der Waals surface area contributed by atoms with Crippen molar-refractivity contribution >= 4 is 46.6 Å². The van der Waals surface area contributed by atoms with E-state index in [1.165, 1.54) is 245 Å². The maximum Gasteiger partial charge on any atom is 0.0713 e. The van der Waals surface area contributed by atoms with Gasteiger partial charge in [-0.15, -0.1) is 0 Å². The lowest BCUT2D eigenvalue weighted by molar-refractivity contribution is 0.769. The number of aryl methyl sites for hydroxylation is 4. The van der Waals surface area contributed by atoms with Gasteiger partial charge in [0.25, 0.3) is 0 Å². The van der Waals surface area contributed by atoms with Crippen molar-refractivity contribution in [3.8, 4) is 66.8 Å². The van der Waals surface area contributed by atoms with E-state index in [1.807, 2.05) is 36.4 Å². The molecule has 0 radical (unpaired) electrons. The minimum atomic E-state index is -0.485. The topological polar surface area (TPSA) is 0 Å². The zero-order chi connectivity index (χ0) is 99.7. The van der Waals surface area contributed by atoms with Gasteiger partial charge in [-0.05, 0) is 287 Å². The second kappa shape index (κ2) is 42.0. The number of rotatable bonds is 16. The minimum absolute atomic E-state index is 0.477. The third-order valence-electron chi connectivity index (χ3n) is 30.2. The molecule has 4 aliphatic carbocycles. The molecule has 0 heteroatoms. The van der Waals surface area contributed by atoms with E-state index >= 15 is 0 Å². The first-order valence-corrected chi connectivity index (χ1v) is 51.7. The summed E-state index contributed by atoms with van der Waals surface area (Å²) >= 11 is 0. The van der Waals surface area contributed by atoms with Crippen molar-refractivity contribution < 1.29 is 0 Å². The quantitative estimate of drug-likeness (QED) is 0.0846. The van der Waals surface area contributed by atoms with Gasteiger partial charge in [0.2, 0.25) is 0 Å². The molecule has 0 spiro atoms. The Morgan fingerprint density at radius 3 is 0.588 bits per heavy atom. The van der Waals surface area contributed by atoms with Crippen LogP contribution < -0.4 is 0 Å². The molecule has 0 saturated heterocycles. The standard InChI is InChI=1S/C67H46.C67H50.2C7H8/c1-5-17-57-51(13-1)43-52-14-2-6-18-58(52)63(57)41-45-25-29-47(30-26-45)49-33-37-55(38-34-49)67(65-23-11-9-21-61(65)62-22-10-12-24-66(62)67)56-39-35-50(36-40-56)48-31-27-46(28-32-48)42-64-59-19-7-3-15-53(59)44-54-16-4-8-20-60(54)64;1-47-21-29-57(30-22-47)63(55-13-5-3-6-14-55)45-49-25-33-51(34-26-49)53-37-41-59(42-38-53)67(65-19-11-9-17-61(65)62-18-10-12-20-66(62)67)60-43-39-54(40-44-60)52-35-27-50(28-36-52)46-64(56-15-7-4-8-16-56)58-31-23-48(2)24-32-58;2*1-7-5-3-2-4-6-7/h1-42H,43-44H2;3-46H,1-2H3;2*2-6H,1H3/b;63-45-,64-46-;;. The highest BCUT2D eigenvalue weighted by Gasteiger charge is 2.48. The molecule has 22 aromatic rings. The summed E-state index contributed by atoms with van der Waals surface area (Å²) in [6.45, 7) is 8.44. The summed E-state index contributed by atoms with van der Waals surface area (Å²) in [5.74, 6) is 0. The fraction of sp³-hybridized carbons (Fsp3) is 0.0541. The van der Waals surface area contributed by atoms with Crippen molar-refractivity contribution in [3.05, 3.63) is 714 Å². The van der Waals surface area contributed by atoms with Crippen LogP contribution in [0.4, 0.5) is 0 Å². The van der Waals surface area contributed by atoms with Crippen LogP contribution in [0.2, 0.25) is 0 Å². The highest BCUT2D eigenvalue weighted by atomic mass is 14.5. The van der Waals surface area contributed by atoms with Crippen LogP contribution in [0.1, 0.15) is 156 Å². The van der Waals surface area contributed by atoms with Crippen molar-refractivity contribution in [2.75, 3.05) is 0 Å². The van der Waals surface area contributed by atoms with Crippen molar-refractivity contribution in [1.29, 1.82) is 0 Å². The van der Waals surface area contributed by atoms with Gasteiger partial charge < -0.3 is 0 Å². The molecule has 0 aliphatic heterocycles. The van der Waals surface area contributed by atoms with E-state index in [2.05, 4.69) is 574 Å². The van der Waals surface area contributed by atoms with Gasteiger partial charge in [0.15, 0.2) is 0 Å². The highest BCUT2D eigenvalue weighted by Crippen LogP contribution is 2.59. The Kier molecular flexibility index (Phi) is 26.5. The van der Waals surface area contributed by atoms with E-state index < -0.39 is 10.8 Å². The fourth-order valence-corrected chi connectivity index (χ4v) is 22.6. The van der Waals surface area contributed by atoms with Gasteiger partial charge >= 0.3 is 0 Å². The molecule has 148 heavy (non-hydrogen) atoms. The van der Waals surface area contributed by atoms with Gasteiger partial charge in [-0.2, -0.15) is 0 Å². The van der Waals surface area contributed by atoms with Gasteiger partial charge in [0, 0.05) is 0 Å². The summed E-state index contributed by atoms with van der Waals surface area (Å²) in [4.78, 5) is 0. The zero-order valence-electron chi connectivity index (χ0n) is 83.8. The Labute approximate surface area is 872 Å². The number of hydrogen-bond donors (Lipinski definition) is 0. The third-order valence-corrected chi connectivity index (χ3v) is 30.2. The Morgan fingerprint density at radius 2 is 0.351 bits per heavy atom. The summed E-state index contributed by atoms with van der Waals surface area (Å²) in [7, 11) is 0. The van der Waals surface area contributed by atoms with Gasteiger partial charge in [0.05, 0.1) is 10.8 Å². The predicted molar refractivity (Wildman–Crippen MR) is 626 cm³/mol. The molecule has 22 aromatic carbocycles. The van der Waals surface area contributed by atoms with E-state index in [0.717, 1.165) is 12.8 Å². The molecular formula is C148H112. The smallest absolute Gasteiger partial charge is 0.0622 e. The largest absolute Gasteiger partial charge is 0.0713 e. The average molecular weight is 1890 g/mol. The summed E-state index contributed by atoms with van der Waals surface area (Å²) < 4.78 is 0. The molecule has 0 nitrogen and oxygen atoms in total. The van der Waals surface area contributed by atoms with Gasteiger partial charge in [-0.25, -0.2) is 0 Å². The molecule has 704 valence electrons. The molecule has 0 saturated carbocycles. The monoisotopic (exact) mass is 1890 g/mol. The summed E-state index contributed by atoms with van der Waals surface area (Å²) in [5, 5.41) is 0. The summed E-state index contributed by atoms with van der Waals surface area (Å²) in [5.41, 5.74) is 54.8. The lowest BCUT2D eigenvalue weighted by Crippen LogP contribution is -2.28. The molecule has 0 heterocycles. The van der Waals surface area contributed by atoms with E-state index in [-0.39, 0.29) is 0 Å². The SMILES string of the molecule is C(=C1c2ccccc2Cc2ccccc21)c1ccc(-c2ccc(C3(c4ccc(-c5ccc(C=C6c7ccccc7Cc7ccccc76)cc5)cc4)c4ccccc4-c4ccccc43)cc2)cc1.Cc1ccc(/C(=C\c2ccc(-c3ccc(C4(c5ccc(-c6ccc(/C=C(/c7ccccc7)c7ccc(C)cc7)cc6)cc5)c5ccccc5-c5ccccc54)cc3)cc2)c2ccccc2)cc1.Cc1ccccc1.Cc1ccccc1. The van der Waals surface area contributed by atoms with E-state index in [1.54, 1.807) is 0 Å². The molecule has 0 N–H and O–H groups in total. The first kappa shape index (κ1) is 93.4. The van der Waals surface area contributed by atoms with Gasteiger partial charge in [0.1, 0.15) is 0 Å². The molecule has 0 fully saturated rings. The van der Waals surface area contributed by atoms with Crippen molar-refractivity contribution in [2.24, 2.45) is 0 Å². The maximum atomic E-state index is 2.37.